The number of benzene rings is 1. The second kappa shape index (κ2) is 8.57. The Morgan fingerprint density at radius 2 is 1.64 bits per heavy atom. The molecular weight excluding hydrogens is 276 g/mol. The van der Waals surface area contributed by atoms with Crippen molar-refractivity contribution in [3.8, 4) is 0 Å². The minimum atomic E-state index is 0.0228. The Labute approximate surface area is 134 Å². The van der Waals surface area contributed by atoms with E-state index in [2.05, 4.69) is 20.8 Å². The van der Waals surface area contributed by atoms with Gasteiger partial charge in [0.25, 0.3) is 5.91 Å². The minimum Gasteiger partial charge on any atom is -0.345 e. The molecule has 0 fully saturated rings. The fourth-order valence-corrected chi connectivity index (χ4v) is 2.39. The number of rotatable bonds is 7. The van der Waals surface area contributed by atoms with Gasteiger partial charge in [-0.25, -0.2) is 0 Å². The fourth-order valence-electron chi connectivity index (χ4n) is 2.39. The van der Waals surface area contributed by atoms with Crippen molar-refractivity contribution >= 4 is 11.8 Å². The lowest BCUT2D eigenvalue weighted by atomic mass is 10.1. The molecule has 0 aliphatic rings. The van der Waals surface area contributed by atoms with E-state index in [9.17, 15) is 9.59 Å². The molecule has 0 saturated heterocycles. The molecule has 0 aliphatic carbocycles. The van der Waals surface area contributed by atoms with Crippen LogP contribution in [0.3, 0.4) is 0 Å². The fraction of sp³-hybridized carbons (Fsp3) is 0.556. The highest BCUT2D eigenvalue weighted by Gasteiger charge is 2.13. The molecule has 0 aromatic heterocycles. The molecule has 0 heterocycles. The number of likely N-dealkylation sites (N-methyl/N-ethyl adjacent to an activating group) is 1. The molecule has 1 aromatic carbocycles. The van der Waals surface area contributed by atoms with Crippen LogP contribution in [0.15, 0.2) is 24.3 Å². The summed E-state index contributed by atoms with van der Waals surface area (Å²) in [7, 11) is 3.64. The van der Waals surface area contributed by atoms with Crippen LogP contribution in [0.1, 0.15) is 43.1 Å². The Hall–Kier alpha value is -1.84. The number of hydrogen-bond donors (Lipinski definition) is 0. The average molecular weight is 304 g/mol. The smallest absolute Gasteiger partial charge is 0.253 e. The van der Waals surface area contributed by atoms with Gasteiger partial charge in [-0.15, -0.1) is 0 Å². The molecule has 0 atom stereocenters. The Bertz CT molecular complexity index is 494. The van der Waals surface area contributed by atoms with Gasteiger partial charge in [0.1, 0.15) is 0 Å². The van der Waals surface area contributed by atoms with Crippen LogP contribution in [0, 0.1) is 5.92 Å². The molecule has 1 aromatic rings. The summed E-state index contributed by atoms with van der Waals surface area (Å²) in [5, 5.41) is 0. The van der Waals surface area contributed by atoms with Crippen LogP contribution in [0.25, 0.3) is 0 Å². The van der Waals surface area contributed by atoms with Gasteiger partial charge in [-0.3, -0.25) is 9.59 Å². The number of hydrogen-bond acceptors (Lipinski definition) is 2. The Morgan fingerprint density at radius 1 is 1.05 bits per heavy atom. The molecule has 0 spiro atoms. The summed E-state index contributed by atoms with van der Waals surface area (Å²) < 4.78 is 0. The SMILES string of the molecule is CCCN(C)C(=O)Cc1ccc(C(=O)N(C)CC(C)C)cc1. The van der Waals surface area contributed by atoms with Crippen LogP contribution in [0.5, 0.6) is 0 Å². The monoisotopic (exact) mass is 304 g/mol. The van der Waals surface area contributed by atoms with E-state index in [0.29, 0.717) is 17.9 Å². The summed E-state index contributed by atoms with van der Waals surface area (Å²) in [6, 6.07) is 7.35. The van der Waals surface area contributed by atoms with Crippen molar-refractivity contribution < 1.29 is 9.59 Å². The zero-order valence-corrected chi connectivity index (χ0v) is 14.4. The number of amides is 2. The maximum Gasteiger partial charge on any atom is 0.253 e. The minimum absolute atomic E-state index is 0.0228. The van der Waals surface area contributed by atoms with Gasteiger partial charge >= 0.3 is 0 Å². The van der Waals surface area contributed by atoms with Gasteiger partial charge in [-0.1, -0.05) is 32.9 Å². The van der Waals surface area contributed by atoms with Gasteiger partial charge in [0.05, 0.1) is 6.42 Å². The first-order chi connectivity index (χ1) is 10.3. The summed E-state index contributed by atoms with van der Waals surface area (Å²) in [5.74, 6) is 0.576. The van der Waals surface area contributed by atoms with Crippen molar-refractivity contribution in [1.29, 1.82) is 0 Å². The van der Waals surface area contributed by atoms with Crippen molar-refractivity contribution in [2.75, 3.05) is 27.2 Å². The van der Waals surface area contributed by atoms with E-state index in [-0.39, 0.29) is 11.8 Å². The Balaban J connectivity index is 2.66. The summed E-state index contributed by atoms with van der Waals surface area (Å²) in [4.78, 5) is 27.7. The third-order valence-electron chi connectivity index (χ3n) is 3.53. The zero-order valence-electron chi connectivity index (χ0n) is 14.4. The molecular formula is C18H28N2O2. The quantitative estimate of drug-likeness (QED) is 0.777. The molecule has 0 bridgehead atoms. The maximum atomic E-state index is 12.3. The van der Waals surface area contributed by atoms with Gasteiger partial charge in [-0.05, 0) is 30.0 Å². The molecule has 4 heteroatoms. The molecule has 0 radical (unpaired) electrons. The van der Waals surface area contributed by atoms with E-state index < -0.39 is 0 Å². The van der Waals surface area contributed by atoms with E-state index in [1.54, 1.807) is 9.80 Å². The summed E-state index contributed by atoms with van der Waals surface area (Å²) >= 11 is 0. The van der Waals surface area contributed by atoms with E-state index in [4.69, 9.17) is 0 Å². The van der Waals surface area contributed by atoms with Gasteiger partial charge < -0.3 is 9.80 Å². The summed E-state index contributed by atoms with van der Waals surface area (Å²) in [6.07, 6.45) is 1.34. The van der Waals surface area contributed by atoms with Crippen LogP contribution in [0.2, 0.25) is 0 Å². The zero-order chi connectivity index (χ0) is 16.7. The first-order valence-electron chi connectivity index (χ1n) is 7.93. The van der Waals surface area contributed by atoms with Crippen molar-refractivity contribution in [2.24, 2.45) is 5.92 Å². The predicted octanol–water partition coefficient (Wildman–Crippen LogP) is 2.83. The molecule has 4 nitrogen and oxygen atoms in total. The van der Waals surface area contributed by atoms with E-state index in [0.717, 1.165) is 25.1 Å². The Morgan fingerprint density at radius 3 is 2.14 bits per heavy atom. The third kappa shape index (κ3) is 5.51. The van der Waals surface area contributed by atoms with Gasteiger partial charge in [0, 0.05) is 32.7 Å². The van der Waals surface area contributed by atoms with E-state index >= 15 is 0 Å². The van der Waals surface area contributed by atoms with Crippen LogP contribution < -0.4 is 0 Å². The molecule has 0 unspecified atom stereocenters. The highest BCUT2D eigenvalue weighted by atomic mass is 16.2. The molecule has 0 saturated carbocycles. The second-order valence-corrected chi connectivity index (χ2v) is 6.27. The summed E-state index contributed by atoms with van der Waals surface area (Å²) in [6.45, 7) is 7.74. The number of carbonyl (C=O) groups excluding carboxylic acids is 2. The topological polar surface area (TPSA) is 40.6 Å². The Kier molecular flexibility index (Phi) is 7.09. The second-order valence-electron chi connectivity index (χ2n) is 6.27. The first kappa shape index (κ1) is 18.2. The van der Waals surface area contributed by atoms with Crippen molar-refractivity contribution in [2.45, 2.75) is 33.6 Å². The van der Waals surface area contributed by atoms with E-state index in [1.165, 1.54) is 0 Å². The van der Waals surface area contributed by atoms with Crippen LogP contribution in [-0.4, -0.2) is 48.8 Å². The largest absolute Gasteiger partial charge is 0.345 e. The lowest BCUT2D eigenvalue weighted by Crippen LogP contribution is -2.30. The highest BCUT2D eigenvalue weighted by Crippen LogP contribution is 2.10. The lowest BCUT2D eigenvalue weighted by Gasteiger charge is -2.19. The summed E-state index contributed by atoms with van der Waals surface area (Å²) in [5.41, 5.74) is 1.61. The molecule has 0 N–H and O–H groups in total. The molecule has 0 aliphatic heterocycles. The van der Waals surface area contributed by atoms with E-state index in [1.807, 2.05) is 38.4 Å². The van der Waals surface area contributed by atoms with Gasteiger partial charge in [0.2, 0.25) is 5.91 Å². The normalized spacial score (nSPS) is 10.6. The lowest BCUT2D eigenvalue weighted by molar-refractivity contribution is -0.129. The predicted molar refractivity (Wildman–Crippen MR) is 89.9 cm³/mol. The number of carbonyl (C=O) groups is 2. The van der Waals surface area contributed by atoms with Crippen molar-refractivity contribution in [3.63, 3.8) is 0 Å². The maximum absolute atomic E-state index is 12.3. The molecule has 22 heavy (non-hydrogen) atoms. The molecule has 2 amide bonds. The van der Waals surface area contributed by atoms with Gasteiger partial charge in [0.15, 0.2) is 0 Å². The van der Waals surface area contributed by atoms with Crippen LogP contribution in [0.4, 0.5) is 0 Å². The van der Waals surface area contributed by atoms with Crippen molar-refractivity contribution in [3.05, 3.63) is 35.4 Å². The van der Waals surface area contributed by atoms with Crippen LogP contribution in [-0.2, 0) is 11.2 Å². The van der Waals surface area contributed by atoms with Crippen LogP contribution >= 0.6 is 0 Å². The molecule has 122 valence electrons. The highest BCUT2D eigenvalue weighted by molar-refractivity contribution is 5.94. The van der Waals surface area contributed by atoms with Gasteiger partial charge in [-0.2, -0.15) is 0 Å². The first-order valence-corrected chi connectivity index (χ1v) is 7.93. The third-order valence-corrected chi connectivity index (χ3v) is 3.53. The average Bonchev–Trinajstić information content (AvgIpc) is 2.46. The molecule has 1 rings (SSSR count). The van der Waals surface area contributed by atoms with Crippen molar-refractivity contribution in [1.82, 2.24) is 9.80 Å². The number of nitrogens with zero attached hydrogens (tertiary/aromatic N) is 2. The standard InChI is InChI=1S/C18H28N2O2/c1-6-11-19(4)17(21)12-15-7-9-16(10-8-15)18(22)20(5)13-14(2)3/h7-10,14H,6,11-13H2,1-5H3.